The number of carbonyl (C=O) groups is 1. The molecule has 1 aliphatic rings. The zero-order chi connectivity index (χ0) is 12.4. The molecule has 0 spiro atoms. The van der Waals surface area contributed by atoms with Crippen molar-refractivity contribution in [1.82, 2.24) is 5.32 Å². The van der Waals surface area contributed by atoms with Crippen LogP contribution in [-0.2, 0) is 4.79 Å². The predicted octanol–water partition coefficient (Wildman–Crippen LogP) is 3.10. The highest BCUT2D eigenvalue weighted by Crippen LogP contribution is 2.26. The van der Waals surface area contributed by atoms with Crippen LogP contribution < -0.4 is 5.32 Å². The van der Waals surface area contributed by atoms with Crippen molar-refractivity contribution in [2.24, 2.45) is 0 Å². The summed E-state index contributed by atoms with van der Waals surface area (Å²) >= 11 is 0. The van der Waals surface area contributed by atoms with Crippen LogP contribution in [0.4, 0.5) is 0 Å². The van der Waals surface area contributed by atoms with Crippen molar-refractivity contribution in [2.45, 2.75) is 18.9 Å². The topological polar surface area (TPSA) is 29.1 Å². The minimum Gasteiger partial charge on any atom is -0.349 e. The molecule has 0 aromatic heterocycles. The van der Waals surface area contributed by atoms with Crippen molar-refractivity contribution >= 4 is 5.91 Å². The SMILES string of the molecule is O=C1CCC(c2ccc(-c3cc[c]cc3)cc2)N1. The summed E-state index contributed by atoms with van der Waals surface area (Å²) in [6, 6.07) is 19.5. The summed E-state index contributed by atoms with van der Waals surface area (Å²) in [5, 5.41) is 2.99. The summed E-state index contributed by atoms with van der Waals surface area (Å²) in [5.74, 6) is 0.155. The Hall–Kier alpha value is -2.09. The number of carbonyl (C=O) groups excluding carboxylic acids is 1. The standard InChI is InChI=1S/C16H14NO/c18-16-11-10-15(17-16)14-8-6-13(7-9-14)12-4-2-1-3-5-12/h2-9,15H,10-11H2,(H,17,18). The molecule has 18 heavy (non-hydrogen) atoms. The molecule has 2 aromatic carbocycles. The van der Waals surface area contributed by atoms with E-state index in [9.17, 15) is 4.79 Å². The largest absolute Gasteiger partial charge is 0.349 e. The summed E-state index contributed by atoms with van der Waals surface area (Å²) in [6.45, 7) is 0. The average Bonchev–Trinajstić information content (AvgIpc) is 2.87. The van der Waals surface area contributed by atoms with Gasteiger partial charge in [0.05, 0.1) is 6.04 Å². The third-order valence-electron chi connectivity index (χ3n) is 3.36. The average molecular weight is 236 g/mol. The molecule has 1 saturated heterocycles. The summed E-state index contributed by atoms with van der Waals surface area (Å²) in [4.78, 5) is 11.2. The molecule has 1 atom stereocenters. The Morgan fingerprint density at radius 1 is 1.00 bits per heavy atom. The molecule has 1 aliphatic heterocycles. The van der Waals surface area contributed by atoms with E-state index in [0.29, 0.717) is 6.42 Å². The predicted molar refractivity (Wildman–Crippen MR) is 70.8 cm³/mol. The minimum atomic E-state index is 0.155. The first-order valence-corrected chi connectivity index (χ1v) is 6.19. The molecular formula is C16H14NO. The Bertz CT molecular complexity index is 545. The van der Waals surface area contributed by atoms with Crippen molar-refractivity contribution in [3.8, 4) is 11.1 Å². The van der Waals surface area contributed by atoms with E-state index in [1.807, 2.05) is 24.3 Å². The number of hydrogen-bond acceptors (Lipinski definition) is 1. The minimum absolute atomic E-state index is 0.155. The highest BCUT2D eigenvalue weighted by Gasteiger charge is 2.21. The Morgan fingerprint density at radius 2 is 1.67 bits per heavy atom. The van der Waals surface area contributed by atoms with E-state index in [1.54, 1.807) is 0 Å². The third-order valence-corrected chi connectivity index (χ3v) is 3.36. The van der Waals surface area contributed by atoms with Gasteiger partial charge in [0.15, 0.2) is 0 Å². The van der Waals surface area contributed by atoms with Gasteiger partial charge in [-0.15, -0.1) is 0 Å². The maximum Gasteiger partial charge on any atom is 0.220 e. The Balaban J connectivity index is 1.83. The molecule has 1 amide bonds. The monoisotopic (exact) mass is 236 g/mol. The smallest absolute Gasteiger partial charge is 0.220 e. The number of amides is 1. The van der Waals surface area contributed by atoms with Crippen LogP contribution in [-0.4, -0.2) is 5.91 Å². The molecule has 2 aromatic rings. The Labute approximate surface area is 107 Å². The van der Waals surface area contributed by atoms with E-state index in [1.165, 1.54) is 16.7 Å². The third kappa shape index (κ3) is 2.14. The van der Waals surface area contributed by atoms with E-state index in [-0.39, 0.29) is 11.9 Å². The van der Waals surface area contributed by atoms with E-state index >= 15 is 0 Å². The zero-order valence-corrected chi connectivity index (χ0v) is 10.0. The van der Waals surface area contributed by atoms with Gasteiger partial charge in [-0.25, -0.2) is 0 Å². The lowest BCUT2D eigenvalue weighted by atomic mass is 10.0. The van der Waals surface area contributed by atoms with Crippen molar-refractivity contribution in [2.75, 3.05) is 0 Å². The Kier molecular flexibility index (Phi) is 2.85. The molecule has 2 nitrogen and oxygen atoms in total. The van der Waals surface area contributed by atoms with Gasteiger partial charge in [0, 0.05) is 6.42 Å². The van der Waals surface area contributed by atoms with Gasteiger partial charge >= 0.3 is 0 Å². The van der Waals surface area contributed by atoms with Crippen LogP contribution in [0, 0.1) is 6.07 Å². The second-order valence-corrected chi connectivity index (χ2v) is 4.57. The molecule has 1 radical (unpaired) electrons. The van der Waals surface area contributed by atoms with Crippen molar-refractivity contribution in [3.05, 3.63) is 60.2 Å². The van der Waals surface area contributed by atoms with Crippen LogP contribution in [0.1, 0.15) is 24.4 Å². The molecule has 0 saturated carbocycles. The van der Waals surface area contributed by atoms with Crippen LogP contribution in [0.15, 0.2) is 48.5 Å². The molecule has 3 rings (SSSR count). The molecule has 89 valence electrons. The summed E-state index contributed by atoms with van der Waals surface area (Å²) in [6.07, 6.45) is 1.54. The second kappa shape index (κ2) is 4.65. The van der Waals surface area contributed by atoms with Crippen molar-refractivity contribution in [3.63, 3.8) is 0 Å². The maximum absolute atomic E-state index is 11.2. The maximum atomic E-state index is 11.2. The summed E-state index contributed by atoms with van der Waals surface area (Å²) in [5.41, 5.74) is 3.57. The van der Waals surface area contributed by atoms with Crippen LogP contribution in [0.2, 0.25) is 0 Å². The molecule has 1 N–H and O–H groups in total. The molecule has 0 aliphatic carbocycles. The van der Waals surface area contributed by atoms with Gasteiger partial charge in [0.2, 0.25) is 5.91 Å². The van der Waals surface area contributed by atoms with Gasteiger partial charge in [-0.1, -0.05) is 48.5 Å². The fraction of sp³-hybridized carbons (Fsp3) is 0.188. The molecule has 1 heterocycles. The fourth-order valence-corrected chi connectivity index (χ4v) is 2.35. The zero-order valence-electron chi connectivity index (χ0n) is 10.0. The molecule has 1 unspecified atom stereocenters. The normalized spacial score (nSPS) is 18.7. The lowest BCUT2D eigenvalue weighted by Gasteiger charge is -2.11. The molecular weight excluding hydrogens is 222 g/mol. The van der Waals surface area contributed by atoms with Gasteiger partial charge in [-0.05, 0) is 29.2 Å². The van der Waals surface area contributed by atoms with E-state index in [0.717, 1.165) is 6.42 Å². The first-order chi connectivity index (χ1) is 8.83. The second-order valence-electron chi connectivity index (χ2n) is 4.57. The van der Waals surface area contributed by atoms with Crippen molar-refractivity contribution < 1.29 is 4.79 Å². The van der Waals surface area contributed by atoms with Crippen LogP contribution in [0.3, 0.4) is 0 Å². The number of nitrogens with one attached hydrogen (secondary N) is 1. The summed E-state index contributed by atoms with van der Waals surface area (Å²) < 4.78 is 0. The van der Waals surface area contributed by atoms with Crippen LogP contribution >= 0.6 is 0 Å². The molecule has 2 heteroatoms. The fourth-order valence-electron chi connectivity index (χ4n) is 2.35. The van der Waals surface area contributed by atoms with E-state index in [4.69, 9.17) is 0 Å². The Morgan fingerprint density at radius 3 is 2.28 bits per heavy atom. The molecule has 0 bridgehead atoms. The van der Waals surface area contributed by atoms with Crippen LogP contribution in [0.5, 0.6) is 0 Å². The van der Waals surface area contributed by atoms with Gasteiger partial charge in [-0.3, -0.25) is 4.79 Å². The van der Waals surface area contributed by atoms with Gasteiger partial charge in [-0.2, -0.15) is 0 Å². The highest BCUT2D eigenvalue weighted by molar-refractivity contribution is 5.78. The van der Waals surface area contributed by atoms with Gasteiger partial charge in [0.1, 0.15) is 0 Å². The highest BCUT2D eigenvalue weighted by atomic mass is 16.1. The van der Waals surface area contributed by atoms with E-state index < -0.39 is 0 Å². The first-order valence-electron chi connectivity index (χ1n) is 6.19. The van der Waals surface area contributed by atoms with Gasteiger partial charge < -0.3 is 5.32 Å². The lowest BCUT2D eigenvalue weighted by molar-refractivity contribution is -0.119. The van der Waals surface area contributed by atoms with Gasteiger partial charge in [0.25, 0.3) is 0 Å². The molecule has 1 fully saturated rings. The number of benzene rings is 2. The first kappa shape index (κ1) is 11.0. The summed E-state index contributed by atoms with van der Waals surface area (Å²) in [7, 11) is 0. The van der Waals surface area contributed by atoms with E-state index in [2.05, 4.69) is 35.6 Å². The number of hydrogen-bond donors (Lipinski definition) is 1. The van der Waals surface area contributed by atoms with Crippen LogP contribution in [0.25, 0.3) is 11.1 Å². The quantitative estimate of drug-likeness (QED) is 0.853. The lowest BCUT2D eigenvalue weighted by Crippen LogP contribution is -2.18. The van der Waals surface area contributed by atoms with Crippen molar-refractivity contribution in [1.29, 1.82) is 0 Å². The number of rotatable bonds is 2.